The van der Waals surface area contributed by atoms with Crippen molar-refractivity contribution in [2.24, 2.45) is 5.11 Å². The van der Waals surface area contributed by atoms with Crippen LogP contribution in [0.2, 0.25) is 0 Å². The number of azide groups is 1. The molecule has 23 heavy (non-hydrogen) atoms. The van der Waals surface area contributed by atoms with Gasteiger partial charge in [0.1, 0.15) is 18.2 Å². The molecule has 2 aliphatic rings. The second kappa shape index (κ2) is 7.57. The van der Waals surface area contributed by atoms with Crippen LogP contribution in [-0.2, 0) is 28.5 Å². The van der Waals surface area contributed by atoms with Crippen molar-refractivity contribution in [2.45, 2.75) is 36.5 Å². The van der Waals surface area contributed by atoms with Gasteiger partial charge in [0.25, 0.3) is 0 Å². The van der Waals surface area contributed by atoms with E-state index in [0.29, 0.717) is 0 Å². The molecule has 2 heterocycles. The molecule has 128 valence electrons. The lowest BCUT2D eigenvalue weighted by Crippen LogP contribution is -2.54. The predicted molar refractivity (Wildman–Crippen MR) is 73.6 cm³/mol. The molecule has 0 aromatic rings. The molecule has 6 atom stereocenters. The Morgan fingerprint density at radius 1 is 1.22 bits per heavy atom. The van der Waals surface area contributed by atoms with E-state index in [1.165, 1.54) is 14.2 Å². The fraction of sp³-hybridized carbons (Fsp3) is 0.833. The summed E-state index contributed by atoms with van der Waals surface area (Å²) in [4.78, 5) is 26.3. The standard InChI is InChI=1S/C12H18N4O7/c1-20-5-3-23-10(12(18)19)7(5)14-11(17)9-8(15-16-13)6(21-2)4-22-9/h5-10H,3-4H2,1-2H3,(H,14,17)(H,18,19)/t5-,6-,7-,8-,9+,10+/m0/s1. The number of carboxylic acid groups (broad SMARTS) is 1. The number of hydrogen-bond donors (Lipinski definition) is 2. The highest BCUT2D eigenvalue weighted by atomic mass is 16.6. The highest BCUT2D eigenvalue weighted by Crippen LogP contribution is 2.23. The van der Waals surface area contributed by atoms with Gasteiger partial charge in [-0.1, -0.05) is 5.11 Å². The molecule has 11 heteroatoms. The van der Waals surface area contributed by atoms with Gasteiger partial charge in [-0.3, -0.25) is 4.79 Å². The quantitative estimate of drug-likeness (QED) is 0.362. The number of nitrogens with zero attached hydrogens (tertiary/aromatic N) is 3. The number of aliphatic carboxylic acids is 1. The third kappa shape index (κ3) is 3.54. The van der Waals surface area contributed by atoms with Gasteiger partial charge in [-0.25, -0.2) is 4.79 Å². The minimum atomic E-state index is -1.22. The maximum absolute atomic E-state index is 12.4. The Morgan fingerprint density at radius 2 is 1.83 bits per heavy atom. The first-order valence-electron chi connectivity index (χ1n) is 6.89. The van der Waals surface area contributed by atoms with Gasteiger partial charge in [-0.05, 0) is 5.53 Å². The van der Waals surface area contributed by atoms with E-state index >= 15 is 0 Å². The smallest absolute Gasteiger partial charge is 0.335 e. The van der Waals surface area contributed by atoms with Crippen molar-refractivity contribution >= 4 is 11.9 Å². The summed E-state index contributed by atoms with van der Waals surface area (Å²) < 4.78 is 20.7. The first-order valence-corrected chi connectivity index (χ1v) is 6.89. The first-order chi connectivity index (χ1) is 11.0. The number of amides is 1. The van der Waals surface area contributed by atoms with Crippen LogP contribution in [0.4, 0.5) is 0 Å². The molecule has 2 saturated heterocycles. The molecule has 0 bridgehead atoms. The molecular formula is C12H18N4O7. The van der Waals surface area contributed by atoms with Crippen LogP contribution in [0.3, 0.4) is 0 Å². The van der Waals surface area contributed by atoms with E-state index in [4.69, 9.17) is 29.6 Å². The minimum absolute atomic E-state index is 0.0460. The predicted octanol–water partition coefficient (Wildman–Crippen LogP) is -0.938. The van der Waals surface area contributed by atoms with E-state index in [1.807, 2.05) is 0 Å². The first kappa shape index (κ1) is 17.4. The van der Waals surface area contributed by atoms with Crippen LogP contribution in [0, 0.1) is 0 Å². The van der Waals surface area contributed by atoms with Gasteiger partial charge in [-0.15, -0.1) is 0 Å². The zero-order valence-electron chi connectivity index (χ0n) is 12.6. The molecule has 0 radical (unpaired) electrons. The summed E-state index contributed by atoms with van der Waals surface area (Å²) in [5.41, 5.74) is 8.62. The number of carboxylic acids is 1. The molecule has 0 spiro atoms. The Labute approximate surface area is 131 Å². The summed E-state index contributed by atoms with van der Waals surface area (Å²) in [6.45, 7) is 0.139. The molecular weight excluding hydrogens is 312 g/mol. The molecule has 0 aromatic carbocycles. The van der Waals surface area contributed by atoms with Crippen molar-refractivity contribution in [2.75, 3.05) is 27.4 Å². The summed E-state index contributed by atoms with van der Waals surface area (Å²) >= 11 is 0. The van der Waals surface area contributed by atoms with E-state index in [-0.39, 0.29) is 13.2 Å². The van der Waals surface area contributed by atoms with Crippen LogP contribution in [0.25, 0.3) is 10.4 Å². The lowest BCUT2D eigenvalue weighted by molar-refractivity contribution is -0.148. The summed E-state index contributed by atoms with van der Waals surface area (Å²) in [5.74, 6) is -1.81. The van der Waals surface area contributed by atoms with E-state index < -0.39 is 48.4 Å². The molecule has 0 unspecified atom stereocenters. The molecule has 0 aromatic heterocycles. The van der Waals surface area contributed by atoms with Crippen molar-refractivity contribution in [3.63, 3.8) is 0 Å². The molecule has 11 nitrogen and oxygen atoms in total. The molecule has 2 aliphatic heterocycles. The van der Waals surface area contributed by atoms with Gasteiger partial charge in [0.2, 0.25) is 5.91 Å². The fourth-order valence-electron chi connectivity index (χ4n) is 2.68. The van der Waals surface area contributed by atoms with E-state index in [2.05, 4.69) is 15.3 Å². The number of hydrogen-bond acceptors (Lipinski definition) is 7. The van der Waals surface area contributed by atoms with Gasteiger partial charge in [0.05, 0.1) is 25.4 Å². The minimum Gasteiger partial charge on any atom is -0.479 e. The lowest BCUT2D eigenvalue weighted by Gasteiger charge is -2.24. The van der Waals surface area contributed by atoms with E-state index in [1.54, 1.807) is 0 Å². The van der Waals surface area contributed by atoms with Crippen molar-refractivity contribution in [1.29, 1.82) is 0 Å². The molecule has 2 N–H and O–H groups in total. The Kier molecular flexibility index (Phi) is 5.74. The van der Waals surface area contributed by atoms with E-state index in [9.17, 15) is 9.59 Å². The van der Waals surface area contributed by atoms with Crippen LogP contribution in [-0.4, -0.2) is 80.9 Å². The largest absolute Gasteiger partial charge is 0.479 e. The third-order valence-electron chi connectivity index (χ3n) is 3.90. The molecule has 2 rings (SSSR count). The maximum Gasteiger partial charge on any atom is 0.335 e. The lowest BCUT2D eigenvalue weighted by atomic mass is 10.1. The monoisotopic (exact) mass is 330 g/mol. The van der Waals surface area contributed by atoms with E-state index in [0.717, 1.165) is 0 Å². The average molecular weight is 330 g/mol. The fourth-order valence-corrected chi connectivity index (χ4v) is 2.68. The van der Waals surface area contributed by atoms with Gasteiger partial charge >= 0.3 is 5.97 Å². The zero-order valence-corrected chi connectivity index (χ0v) is 12.6. The molecule has 0 aliphatic carbocycles. The van der Waals surface area contributed by atoms with Crippen LogP contribution < -0.4 is 5.32 Å². The van der Waals surface area contributed by atoms with Gasteiger partial charge in [0, 0.05) is 19.1 Å². The van der Waals surface area contributed by atoms with Gasteiger partial charge in [-0.2, -0.15) is 0 Å². The molecule has 1 amide bonds. The Bertz CT molecular complexity index is 510. The average Bonchev–Trinajstić information content (AvgIpc) is 3.11. The summed E-state index contributed by atoms with van der Waals surface area (Å²) in [6.07, 6.45) is -3.43. The van der Waals surface area contributed by atoms with Crippen molar-refractivity contribution in [3.8, 4) is 0 Å². The third-order valence-corrected chi connectivity index (χ3v) is 3.90. The maximum atomic E-state index is 12.4. The second-order valence-corrected chi connectivity index (χ2v) is 5.12. The zero-order chi connectivity index (χ0) is 17.0. The number of rotatable bonds is 6. The van der Waals surface area contributed by atoms with Gasteiger partial charge in [0.15, 0.2) is 6.10 Å². The van der Waals surface area contributed by atoms with Crippen molar-refractivity contribution in [3.05, 3.63) is 10.4 Å². The van der Waals surface area contributed by atoms with Gasteiger partial charge < -0.3 is 29.4 Å². The number of carbonyl (C=O) groups is 2. The Balaban J connectivity index is 2.10. The topological polar surface area (TPSA) is 152 Å². The number of ether oxygens (including phenoxy) is 4. The molecule has 0 saturated carbocycles. The van der Waals surface area contributed by atoms with Crippen LogP contribution in [0.1, 0.15) is 0 Å². The van der Waals surface area contributed by atoms with Crippen molar-refractivity contribution < 1.29 is 33.6 Å². The molecule has 2 fully saturated rings. The highest BCUT2D eigenvalue weighted by Gasteiger charge is 2.47. The Morgan fingerprint density at radius 3 is 2.39 bits per heavy atom. The van der Waals surface area contributed by atoms with Crippen molar-refractivity contribution in [1.82, 2.24) is 5.32 Å². The highest BCUT2D eigenvalue weighted by molar-refractivity contribution is 5.84. The second-order valence-electron chi connectivity index (χ2n) is 5.12. The summed E-state index contributed by atoms with van der Waals surface area (Å²) in [6, 6.07) is -1.71. The number of carbonyl (C=O) groups excluding carboxylic acids is 1. The Hall–Kier alpha value is -1.91. The van der Waals surface area contributed by atoms with Crippen LogP contribution >= 0.6 is 0 Å². The summed E-state index contributed by atoms with van der Waals surface area (Å²) in [5, 5.41) is 15.2. The van der Waals surface area contributed by atoms with Crippen LogP contribution in [0.15, 0.2) is 5.11 Å². The SMILES string of the molecule is CO[C@H]1CO[C@@H](C(=O)N[C@H]2[C@@H](OC)CO[C@H]2C(=O)O)[C@H]1N=[N+]=[N-]. The normalized spacial score (nSPS) is 36.4. The number of methoxy groups -OCH3 is 2. The van der Waals surface area contributed by atoms with Crippen LogP contribution in [0.5, 0.6) is 0 Å². The summed E-state index contributed by atoms with van der Waals surface area (Å²) in [7, 11) is 2.81. The number of nitrogens with one attached hydrogen (secondary N) is 1.